The van der Waals surface area contributed by atoms with Gasteiger partial charge in [0, 0.05) is 18.3 Å². The number of nitrogens with zero attached hydrogens (tertiary/aromatic N) is 3. The zero-order chi connectivity index (χ0) is 27.5. The Hall–Kier alpha value is -3.85. The number of carbonyl (C=O) groups is 1. The molecule has 1 aliphatic rings. The molecule has 0 aliphatic carbocycles. The van der Waals surface area contributed by atoms with E-state index in [1.165, 1.54) is 23.9 Å². The third-order valence-electron chi connectivity index (χ3n) is 7.07. The lowest BCUT2D eigenvalue weighted by Gasteiger charge is -2.35. The molecule has 39 heavy (non-hydrogen) atoms. The highest BCUT2D eigenvalue weighted by Crippen LogP contribution is 2.32. The molecule has 0 bridgehead atoms. The van der Waals surface area contributed by atoms with E-state index in [9.17, 15) is 14.0 Å². The predicted octanol–water partition coefficient (Wildman–Crippen LogP) is 5.26. The number of fused-ring (bicyclic) bond motifs is 2. The van der Waals surface area contributed by atoms with Gasteiger partial charge in [0.05, 0.1) is 30.9 Å². The van der Waals surface area contributed by atoms with Gasteiger partial charge in [-0.25, -0.2) is 9.37 Å². The highest BCUT2D eigenvalue weighted by atomic mass is 32.2. The van der Waals surface area contributed by atoms with Crippen molar-refractivity contribution in [1.29, 1.82) is 0 Å². The molecular weight excluding hydrogens is 517 g/mol. The van der Waals surface area contributed by atoms with Gasteiger partial charge in [0.15, 0.2) is 16.7 Å². The highest BCUT2D eigenvalue weighted by Gasteiger charge is 2.29. The van der Waals surface area contributed by atoms with Crippen molar-refractivity contribution in [2.75, 3.05) is 24.9 Å². The number of halogens is 1. The number of hydrogen-bond donors (Lipinski definition) is 0. The van der Waals surface area contributed by atoms with E-state index >= 15 is 0 Å². The molecule has 2 heterocycles. The van der Waals surface area contributed by atoms with Crippen molar-refractivity contribution in [1.82, 2.24) is 9.55 Å². The fourth-order valence-corrected chi connectivity index (χ4v) is 5.91. The summed E-state index contributed by atoms with van der Waals surface area (Å²) in [6.07, 6.45) is 2.05. The first kappa shape index (κ1) is 26.7. The number of rotatable bonds is 8. The van der Waals surface area contributed by atoms with Gasteiger partial charge in [-0.15, -0.1) is 0 Å². The van der Waals surface area contributed by atoms with Crippen LogP contribution in [0.2, 0.25) is 0 Å². The van der Waals surface area contributed by atoms with Gasteiger partial charge >= 0.3 is 0 Å². The molecule has 0 saturated carbocycles. The molecular formula is C30H30FN3O4S. The average molecular weight is 548 g/mol. The minimum absolute atomic E-state index is 0.00660. The summed E-state index contributed by atoms with van der Waals surface area (Å²) in [4.78, 5) is 33.5. The number of thioether (sulfide) groups is 1. The number of amides is 1. The fraction of sp³-hybridized carbons (Fsp3) is 0.300. The summed E-state index contributed by atoms with van der Waals surface area (Å²) in [5, 5.41) is 1.01. The summed E-state index contributed by atoms with van der Waals surface area (Å²) in [6, 6.07) is 17.5. The fourth-order valence-electron chi connectivity index (χ4n) is 5.03. The second-order valence-electron chi connectivity index (χ2n) is 9.52. The minimum atomic E-state index is -0.302. The number of benzene rings is 3. The van der Waals surface area contributed by atoms with Crippen LogP contribution in [-0.4, -0.2) is 41.5 Å². The molecule has 9 heteroatoms. The Bertz CT molecular complexity index is 1590. The third kappa shape index (κ3) is 5.49. The van der Waals surface area contributed by atoms with Gasteiger partial charge in [-0.05, 0) is 79.8 Å². The van der Waals surface area contributed by atoms with E-state index in [-0.39, 0.29) is 29.1 Å². The van der Waals surface area contributed by atoms with Crippen LogP contribution in [0.3, 0.4) is 0 Å². The Morgan fingerprint density at radius 1 is 1.08 bits per heavy atom. The molecule has 7 nitrogen and oxygen atoms in total. The second-order valence-corrected chi connectivity index (χ2v) is 10.5. The zero-order valence-electron chi connectivity index (χ0n) is 22.1. The van der Waals surface area contributed by atoms with Gasteiger partial charge in [0.25, 0.3) is 5.56 Å². The molecule has 3 aromatic carbocycles. The van der Waals surface area contributed by atoms with Crippen LogP contribution in [-0.2, 0) is 24.2 Å². The molecule has 202 valence electrons. The van der Waals surface area contributed by atoms with Crippen LogP contribution in [0.4, 0.5) is 10.1 Å². The number of hydrogen-bond acceptors (Lipinski definition) is 6. The molecule has 1 unspecified atom stereocenters. The SMILES string of the molecule is COc1ccc(CCn2c(SCC(=O)N3c4ccc(F)cc4CCC3C)nc3ccccc3c2=O)cc1OC. The predicted molar refractivity (Wildman–Crippen MR) is 152 cm³/mol. The smallest absolute Gasteiger partial charge is 0.262 e. The van der Waals surface area contributed by atoms with Gasteiger partial charge < -0.3 is 14.4 Å². The van der Waals surface area contributed by atoms with Gasteiger partial charge in [-0.3, -0.25) is 14.2 Å². The van der Waals surface area contributed by atoms with Crippen LogP contribution in [0, 0.1) is 5.82 Å². The molecule has 1 atom stereocenters. The van der Waals surface area contributed by atoms with Gasteiger partial charge in [0.1, 0.15) is 5.82 Å². The van der Waals surface area contributed by atoms with E-state index in [0.717, 1.165) is 29.7 Å². The van der Waals surface area contributed by atoms with Crippen molar-refractivity contribution in [3.8, 4) is 11.5 Å². The summed E-state index contributed by atoms with van der Waals surface area (Å²) in [5.41, 5.74) is 3.00. The lowest BCUT2D eigenvalue weighted by molar-refractivity contribution is -0.116. The van der Waals surface area contributed by atoms with Crippen molar-refractivity contribution in [2.24, 2.45) is 0 Å². The van der Waals surface area contributed by atoms with Crippen LogP contribution in [0.15, 0.2) is 70.6 Å². The number of para-hydroxylation sites is 1. The molecule has 0 N–H and O–H groups in total. The maximum Gasteiger partial charge on any atom is 0.262 e. The van der Waals surface area contributed by atoms with Crippen LogP contribution in [0.25, 0.3) is 10.9 Å². The van der Waals surface area contributed by atoms with Crippen LogP contribution >= 0.6 is 11.8 Å². The Kier molecular flexibility index (Phi) is 7.88. The summed E-state index contributed by atoms with van der Waals surface area (Å²) < 4.78 is 26.2. The number of anilines is 1. The number of carbonyl (C=O) groups excluding carboxylic acids is 1. The van der Waals surface area contributed by atoms with E-state index < -0.39 is 0 Å². The topological polar surface area (TPSA) is 73.7 Å². The Morgan fingerprint density at radius 3 is 2.67 bits per heavy atom. The van der Waals surface area contributed by atoms with Gasteiger partial charge in [-0.2, -0.15) is 0 Å². The summed E-state index contributed by atoms with van der Waals surface area (Å²) in [5.74, 6) is 0.951. The van der Waals surface area contributed by atoms with E-state index in [0.29, 0.717) is 40.5 Å². The van der Waals surface area contributed by atoms with Crippen LogP contribution in [0.5, 0.6) is 11.5 Å². The molecule has 0 spiro atoms. The molecule has 0 saturated heterocycles. The molecule has 5 rings (SSSR count). The maximum atomic E-state index is 13.8. The van der Waals surface area contributed by atoms with Crippen LogP contribution in [0.1, 0.15) is 24.5 Å². The van der Waals surface area contributed by atoms with E-state index in [2.05, 4.69) is 0 Å². The summed E-state index contributed by atoms with van der Waals surface area (Å²) in [6.45, 7) is 2.38. The average Bonchev–Trinajstić information content (AvgIpc) is 2.95. The number of aromatic nitrogens is 2. The van der Waals surface area contributed by atoms with Gasteiger partial charge in [0.2, 0.25) is 5.91 Å². The standard InChI is InChI=1S/C30H30FN3O4S/c1-19-8-10-21-17-22(31)11-12-25(21)34(19)28(35)18-39-30-32-24-7-5-4-6-23(24)29(36)33(30)15-14-20-9-13-26(37-2)27(16-20)38-3/h4-7,9,11-13,16-17,19H,8,10,14-15,18H2,1-3H3. The molecule has 1 aromatic heterocycles. The number of methoxy groups -OCH3 is 2. The normalized spacial score (nSPS) is 14.8. The minimum Gasteiger partial charge on any atom is -0.493 e. The Balaban J connectivity index is 1.42. The molecule has 0 radical (unpaired) electrons. The van der Waals surface area contributed by atoms with Crippen LogP contribution < -0.4 is 19.9 Å². The van der Waals surface area contributed by atoms with E-state index in [4.69, 9.17) is 14.5 Å². The largest absolute Gasteiger partial charge is 0.493 e. The Morgan fingerprint density at radius 2 is 1.87 bits per heavy atom. The highest BCUT2D eigenvalue weighted by molar-refractivity contribution is 7.99. The third-order valence-corrected chi connectivity index (χ3v) is 8.03. The first-order valence-electron chi connectivity index (χ1n) is 12.8. The first-order valence-corrected chi connectivity index (χ1v) is 13.8. The number of aryl methyl sites for hydroxylation is 2. The first-order chi connectivity index (χ1) is 18.9. The Labute approximate surface area is 230 Å². The monoisotopic (exact) mass is 547 g/mol. The van der Waals surface area contributed by atoms with Crippen molar-refractivity contribution >= 4 is 34.3 Å². The van der Waals surface area contributed by atoms with Crippen molar-refractivity contribution < 1.29 is 18.7 Å². The summed E-state index contributed by atoms with van der Waals surface area (Å²) >= 11 is 1.25. The molecule has 1 aliphatic heterocycles. The lowest BCUT2D eigenvalue weighted by atomic mass is 9.96. The maximum absolute atomic E-state index is 13.8. The van der Waals surface area contributed by atoms with Gasteiger partial charge in [-0.1, -0.05) is 30.0 Å². The molecule has 4 aromatic rings. The van der Waals surface area contributed by atoms with E-state index in [1.807, 2.05) is 37.3 Å². The zero-order valence-corrected chi connectivity index (χ0v) is 23.0. The molecule has 1 amide bonds. The van der Waals surface area contributed by atoms with Crippen molar-refractivity contribution in [3.05, 3.63) is 88.0 Å². The van der Waals surface area contributed by atoms with E-state index in [1.54, 1.807) is 41.9 Å². The number of ether oxygens (including phenoxy) is 2. The van der Waals surface area contributed by atoms with Crippen molar-refractivity contribution in [2.45, 2.75) is 43.9 Å². The van der Waals surface area contributed by atoms with Crippen molar-refractivity contribution in [3.63, 3.8) is 0 Å². The molecule has 0 fully saturated rings. The summed E-state index contributed by atoms with van der Waals surface area (Å²) in [7, 11) is 3.17. The quantitative estimate of drug-likeness (QED) is 0.222. The second kappa shape index (κ2) is 11.5. The lowest BCUT2D eigenvalue weighted by Crippen LogP contribution is -2.43.